The zero-order valence-corrected chi connectivity index (χ0v) is 21.2. The first-order chi connectivity index (χ1) is 15.0. The summed E-state index contributed by atoms with van der Waals surface area (Å²) < 4.78 is 11.6. The van der Waals surface area contributed by atoms with Crippen molar-refractivity contribution in [3.8, 4) is 5.75 Å². The average Bonchev–Trinajstić information content (AvgIpc) is 3.33. The molecular formula is C26H36N2O3S. The van der Waals surface area contributed by atoms with Gasteiger partial charge in [0.05, 0.1) is 11.0 Å². The van der Waals surface area contributed by atoms with Crippen LogP contribution in [-0.2, 0) is 10.2 Å². The first kappa shape index (κ1) is 24.3. The Hall–Kier alpha value is -2.31. The Morgan fingerprint density at radius 1 is 1.16 bits per heavy atom. The highest BCUT2D eigenvalue weighted by Gasteiger charge is 2.34. The number of nitrogens with zero attached hydrogens (tertiary/aromatic N) is 1. The van der Waals surface area contributed by atoms with E-state index in [1.165, 1.54) is 10.4 Å². The van der Waals surface area contributed by atoms with Gasteiger partial charge >= 0.3 is 0 Å². The summed E-state index contributed by atoms with van der Waals surface area (Å²) in [6.45, 7) is 18.8. The van der Waals surface area contributed by atoms with Crippen molar-refractivity contribution in [1.82, 2.24) is 5.43 Å². The summed E-state index contributed by atoms with van der Waals surface area (Å²) in [6, 6.07) is 8.70. The first-order valence-electron chi connectivity index (χ1n) is 11.3. The highest BCUT2D eigenvalue weighted by atomic mass is 32.1. The van der Waals surface area contributed by atoms with Crippen molar-refractivity contribution in [2.45, 2.75) is 72.8 Å². The molecule has 1 atom stereocenters. The number of hydrogen-bond donors (Lipinski definition) is 2. The summed E-state index contributed by atoms with van der Waals surface area (Å²) in [4.78, 5) is 2.33. The van der Waals surface area contributed by atoms with E-state index in [2.05, 4.69) is 63.0 Å². The van der Waals surface area contributed by atoms with Crippen LogP contribution in [0.1, 0.15) is 73.9 Å². The van der Waals surface area contributed by atoms with Crippen molar-refractivity contribution >= 4 is 17.2 Å². The van der Waals surface area contributed by atoms with Crippen molar-refractivity contribution in [2.75, 3.05) is 6.61 Å². The van der Waals surface area contributed by atoms with Crippen LogP contribution in [0.3, 0.4) is 0 Å². The molecule has 0 fully saturated rings. The molecule has 2 N–H and O–H groups in total. The van der Waals surface area contributed by atoms with Gasteiger partial charge in [0.1, 0.15) is 12.4 Å². The molecule has 3 rings (SSSR count). The number of aliphatic hydroxyl groups is 1. The molecule has 1 aliphatic rings. The molecule has 2 heterocycles. The van der Waals surface area contributed by atoms with Crippen LogP contribution in [0.2, 0.25) is 0 Å². The van der Waals surface area contributed by atoms with Gasteiger partial charge in [0.2, 0.25) is 5.88 Å². The lowest BCUT2D eigenvalue weighted by Crippen LogP contribution is -2.32. The van der Waals surface area contributed by atoms with Gasteiger partial charge in [-0.3, -0.25) is 0 Å². The molecule has 0 bridgehead atoms. The topological polar surface area (TPSA) is 63.1 Å². The molecule has 0 radical (unpaired) electrons. The second-order valence-electron chi connectivity index (χ2n) is 9.64. The lowest BCUT2D eigenvalue weighted by molar-refractivity contribution is 0.0216. The van der Waals surface area contributed by atoms with Crippen molar-refractivity contribution in [3.05, 3.63) is 63.2 Å². The van der Waals surface area contributed by atoms with Crippen LogP contribution >= 0.6 is 11.3 Å². The quantitative estimate of drug-likeness (QED) is 0.511. The molecule has 0 saturated carbocycles. The summed E-state index contributed by atoms with van der Waals surface area (Å²) in [5.74, 6) is 1.86. The average molecular weight is 457 g/mol. The van der Waals surface area contributed by atoms with E-state index in [0.29, 0.717) is 11.8 Å². The Kier molecular flexibility index (Phi) is 7.06. The van der Waals surface area contributed by atoms with E-state index in [1.54, 1.807) is 11.3 Å². The van der Waals surface area contributed by atoms with Gasteiger partial charge in [-0.2, -0.15) is 0 Å². The number of aliphatic hydroxyl groups excluding tert-OH is 1. The summed E-state index contributed by atoms with van der Waals surface area (Å²) in [6.07, 6.45) is 1.43. The highest BCUT2D eigenvalue weighted by molar-refractivity contribution is 7.14. The van der Waals surface area contributed by atoms with Gasteiger partial charge < -0.3 is 14.6 Å². The van der Waals surface area contributed by atoms with E-state index < -0.39 is 6.10 Å². The second-order valence-corrected chi connectivity index (χ2v) is 10.7. The number of rotatable bonds is 8. The van der Waals surface area contributed by atoms with Gasteiger partial charge in [-0.15, -0.1) is 16.4 Å². The normalized spacial score (nSPS) is 15.2. The number of benzene rings is 1. The fraction of sp³-hybridized carbons (Fsp3) is 0.500. The maximum atomic E-state index is 10.3. The molecule has 1 unspecified atom stereocenters. The highest BCUT2D eigenvalue weighted by Crippen LogP contribution is 2.44. The van der Waals surface area contributed by atoms with Crippen molar-refractivity contribution < 1.29 is 14.6 Å². The van der Waals surface area contributed by atoms with Gasteiger partial charge in [-0.1, -0.05) is 46.8 Å². The first-order valence-corrected chi connectivity index (χ1v) is 12.1. The minimum absolute atomic E-state index is 0.106. The third kappa shape index (κ3) is 4.71. The second kappa shape index (κ2) is 9.28. The molecule has 32 heavy (non-hydrogen) atoms. The van der Waals surface area contributed by atoms with Gasteiger partial charge in [0.15, 0.2) is 0 Å². The van der Waals surface area contributed by atoms with Crippen LogP contribution in [0.25, 0.3) is 0 Å². The third-order valence-corrected chi connectivity index (χ3v) is 7.85. The van der Waals surface area contributed by atoms with E-state index in [0.717, 1.165) is 34.6 Å². The molecular weight excluding hydrogens is 420 g/mol. The van der Waals surface area contributed by atoms with Crippen LogP contribution < -0.4 is 10.2 Å². The van der Waals surface area contributed by atoms with Crippen molar-refractivity contribution in [2.24, 2.45) is 10.5 Å². The van der Waals surface area contributed by atoms with E-state index >= 15 is 0 Å². The predicted molar refractivity (Wildman–Crippen MR) is 132 cm³/mol. The van der Waals surface area contributed by atoms with Gasteiger partial charge in [-0.05, 0) is 67.5 Å². The van der Waals surface area contributed by atoms with Gasteiger partial charge in [0.25, 0.3) is 5.90 Å². The van der Waals surface area contributed by atoms with Gasteiger partial charge in [0, 0.05) is 10.3 Å². The molecule has 0 amide bonds. The Balaban J connectivity index is 1.91. The maximum Gasteiger partial charge on any atom is 0.255 e. The van der Waals surface area contributed by atoms with Crippen LogP contribution in [0.4, 0.5) is 0 Å². The number of ether oxygens (including phenoxy) is 2. The Labute approximate surface area is 196 Å². The fourth-order valence-electron chi connectivity index (χ4n) is 3.98. The molecule has 5 nitrogen and oxygen atoms in total. The lowest BCUT2D eigenvalue weighted by Gasteiger charge is -2.32. The Morgan fingerprint density at radius 3 is 2.38 bits per heavy atom. The Morgan fingerprint density at radius 2 is 1.84 bits per heavy atom. The number of thiophene rings is 1. The third-order valence-electron chi connectivity index (χ3n) is 6.42. The van der Waals surface area contributed by atoms with Crippen molar-refractivity contribution in [3.63, 3.8) is 0 Å². The summed E-state index contributed by atoms with van der Waals surface area (Å²) >= 11 is 1.74. The maximum absolute atomic E-state index is 10.3. The molecule has 1 aromatic heterocycles. The Bertz CT molecular complexity index is 1010. The van der Waals surface area contributed by atoms with Crippen LogP contribution in [-0.4, -0.2) is 23.7 Å². The lowest BCUT2D eigenvalue weighted by atomic mass is 9.74. The largest absolute Gasteiger partial charge is 0.491 e. The van der Waals surface area contributed by atoms with Gasteiger partial charge in [-0.25, -0.2) is 5.43 Å². The summed E-state index contributed by atoms with van der Waals surface area (Å²) in [7, 11) is 0. The van der Waals surface area contributed by atoms with Crippen LogP contribution in [0.15, 0.2) is 41.8 Å². The summed E-state index contributed by atoms with van der Waals surface area (Å²) in [5.41, 5.74) is 5.98. The SMILES string of the molecule is C=C1NN=C(c2sc(C(CC)(CC)c3ccc(OCC(O)C(C)(C)C)c(C)c3)cc2C)O1. The monoisotopic (exact) mass is 456 g/mol. The molecule has 2 aromatic rings. The number of hydrogen-bond acceptors (Lipinski definition) is 6. The van der Waals surface area contributed by atoms with E-state index in [4.69, 9.17) is 9.47 Å². The molecule has 1 aromatic carbocycles. The zero-order valence-electron chi connectivity index (χ0n) is 20.3. The minimum Gasteiger partial charge on any atom is -0.491 e. The van der Waals surface area contributed by atoms with Crippen molar-refractivity contribution in [1.29, 1.82) is 0 Å². The summed E-state index contributed by atoms with van der Waals surface area (Å²) in [5, 5.41) is 14.6. The molecule has 6 heteroatoms. The van der Waals surface area contributed by atoms with E-state index in [-0.39, 0.29) is 17.4 Å². The number of hydrazone groups is 1. The fourth-order valence-corrected chi connectivity index (χ4v) is 5.43. The minimum atomic E-state index is -0.522. The smallest absolute Gasteiger partial charge is 0.255 e. The number of aryl methyl sites for hydroxylation is 2. The molecule has 0 spiro atoms. The molecule has 1 aliphatic heterocycles. The standard InChI is InChI=1S/C26H36N2O3S/c1-9-26(10-2,22-14-17(4)23(32-22)24-28-27-18(5)31-24)19-11-12-20(16(3)13-19)30-15-21(29)25(6,7)8/h11-14,21,27,29H,5,9-10,15H2,1-4,6-8H3. The zero-order chi connectivity index (χ0) is 23.7. The van der Waals surface area contributed by atoms with E-state index in [9.17, 15) is 5.11 Å². The van der Waals surface area contributed by atoms with Crippen LogP contribution in [0, 0.1) is 19.3 Å². The number of nitrogens with one attached hydrogen (secondary N) is 1. The molecule has 0 saturated heterocycles. The molecule has 174 valence electrons. The molecule has 0 aliphatic carbocycles. The van der Waals surface area contributed by atoms with E-state index in [1.807, 2.05) is 26.8 Å². The van der Waals surface area contributed by atoms with Crippen LogP contribution in [0.5, 0.6) is 5.75 Å². The predicted octanol–water partition coefficient (Wildman–Crippen LogP) is 6.01.